The van der Waals surface area contributed by atoms with Crippen LogP contribution in [-0.4, -0.2) is 44.3 Å². The first-order valence-corrected chi connectivity index (χ1v) is 10.9. The summed E-state index contributed by atoms with van der Waals surface area (Å²) >= 11 is 0. The smallest absolute Gasteiger partial charge is 0.249 e. The zero-order valence-electron chi connectivity index (χ0n) is 18.3. The van der Waals surface area contributed by atoms with Gasteiger partial charge >= 0.3 is 0 Å². The van der Waals surface area contributed by atoms with Crippen LogP contribution in [0.2, 0.25) is 0 Å². The fourth-order valence-corrected chi connectivity index (χ4v) is 4.43. The van der Waals surface area contributed by atoms with E-state index in [1.807, 2.05) is 12.1 Å². The van der Waals surface area contributed by atoms with Gasteiger partial charge in [-0.1, -0.05) is 57.9 Å². The summed E-state index contributed by atoms with van der Waals surface area (Å²) in [6.45, 7) is 6.56. The maximum absolute atomic E-state index is 12.5. The van der Waals surface area contributed by atoms with E-state index in [9.17, 15) is 14.4 Å². The molecule has 1 aromatic heterocycles. The molecule has 2 aliphatic rings. The number of carbonyl (C=O) groups excluding carboxylic acids is 3. The van der Waals surface area contributed by atoms with Gasteiger partial charge in [0.15, 0.2) is 5.82 Å². The van der Waals surface area contributed by atoms with Crippen molar-refractivity contribution in [3.8, 4) is 11.4 Å². The number of fused-ring (bicyclic) bond motifs is 1. The number of nitrogens with one attached hydrogen (secondary N) is 2. The Morgan fingerprint density at radius 3 is 2.29 bits per heavy atom. The molecule has 8 nitrogen and oxygen atoms in total. The van der Waals surface area contributed by atoms with E-state index in [1.165, 1.54) is 10.5 Å². The molecular weight excluding hydrogens is 394 g/mol. The van der Waals surface area contributed by atoms with Crippen molar-refractivity contribution in [2.75, 3.05) is 11.9 Å². The highest BCUT2D eigenvalue weighted by molar-refractivity contribution is 6.05. The van der Waals surface area contributed by atoms with Crippen LogP contribution < -0.4 is 5.32 Å². The van der Waals surface area contributed by atoms with Crippen molar-refractivity contribution in [1.82, 2.24) is 20.1 Å². The van der Waals surface area contributed by atoms with Crippen LogP contribution in [0.15, 0.2) is 24.3 Å². The Bertz CT molecular complexity index is 965. The molecule has 31 heavy (non-hydrogen) atoms. The van der Waals surface area contributed by atoms with Crippen LogP contribution in [0.4, 0.5) is 5.95 Å². The molecule has 1 aromatic carbocycles. The first-order valence-electron chi connectivity index (χ1n) is 10.9. The van der Waals surface area contributed by atoms with E-state index in [4.69, 9.17) is 0 Å². The second-order valence-electron chi connectivity index (χ2n) is 9.46. The Hall–Kier alpha value is -3.03. The Balaban J connectivity index is 1.33. The molecule has 2 heterocycles. The number of nitrogens with zero attached hydrogens (tertiary/aromatic N) is 3. The van der Waals surface area contributed by atoms with Gasteiger partial charge in [0, 0.05) is 18.5 Å². The molecule has 1 saturated carbocycles. The van der Waals surface area contributed by atoms with Crippen molar-refractivity contribution < 1.29 is 14.4 Å². The molecule has 0 radical (unpaired) electrons. The van der Waals surface area contributed by atoms with Crippen molar-refractivity contribution in [2.24, 2.45) is 11.8 Å². The summed E-state index contributed by atoms with van der Waals surface area (Å²) < 4.78 is 0. The van der Waals surface area contributed by atoms with Gasteiger partial charge in [-0.05, 0) is 23.8 Å². The normalized spacial score (nSPS) is 21.3. The molecule has 3 amide bonds. The van der Waals surface area contributed by atoms with Gasteiger partial charge in [-0.15, -0.1) is 5.10 Å². The minimum Gasteiger partial charge on any atom is -0.293 e. The number of amides is 3. The van der Waals surface area contributed by atoms with Crippen LogP contribution in [0.5, 0.6) is 0 Å². The molecular formula is C23H29N5O3. The number of hydrogen-bond acceptors (Lipinski definition) is 5. The van der Waals surface area contributed by atoms with Crippen LogP contribution in [0.3, 0.4) is 0 Å². The molecule has 1 aliphatic heterocycles. The van der Waals surface area contributed by atoms with Crippen molar-refractivity contribution in [1.29, 1.82) is 0 Å². The lowest BCUT2D eigenvalue weighted by atomic mass is 9.81. The van der Waals surface area contributed by atoms with Crippen LogP contribution in [0.1, 0.15) is 58.4 Å². The zero-order valence-corrected chi connectivity index (χ0v) is 18.3. The van der Waals surface area contributed by atoms with Gasteiger partial charge in [0.1, 0.15) is 0 Å². The minimum atomic E-state index is -0.330. The summed E-state index contributed by atoms with van der Waals surface area (Å²) in [5, 5.41) is 9.54. The zero-order chi connectivity index (χ0) is 22.2. The number of aromatic amines is 1. The minimum absolute atomic E-state index is 0.0288. The van der Waals surface area contributed by atoms with E-state index in [1.54, 1.807) is 0 Å². The summed E-state index contributed by atoms with van der Waals surface area (Å²) in [4.78, 5) is 43.0. The molecule has 2 aromatic rings. The number of H-pyrrole nitrogens is 1. The highest BCUT2D eigenvalue weighted by Gasteiger charge is 2.47. The molecule has 0 spiro atoms. The van der Waals surface area contributed by atoms with Crippen molar-refractivity contribution in [3.05, 3.63) is 29.8 Å². The van der Waals surface area contributed by atoms with Crippen LogP contribution in [0, 0.1) is 11.8 Å². The van der Waals surface area contributed by atoms with E-state index in [0.29, 0.717) is 5.82 Å². The van der Waals surface area contributed by atoms with Crippen LogP contribution in [0.25, 0.3) is 11.4 Å². The van der Waals surface area contributed by atoms with Crippen molar-refractivity contribution in [3.63, 3.8) is 0 Å². The van der Waals surface area contributed by atoms with E-state index < -0.39 is 0 Å². The third-order valence-electron chi connectivity index (χ3n) is 6.26. The SMILES string of the molecule is CC(C)(C)c1ccc(-c2nc(NC(=O)CCN3C(=O)[C@H]4CCCC[C@H]4C3=O)n[nH]2)cc1. The highest BCUT2D eigenvalue weighted by atomic mass is 16.2. The number of rotatable bonds is 5. The summed E-state index contributed by atoms with van der Waals surface area (Å²) in [6, 6.07) is 8.04. The summed E-state index contributed by atoms with van der Waals surface area (Å²) in [5.74, 6) is -0.224. The Morgan fingerprint density at radius 1 is 1.10 bits per heavy atom. The lowest BCUT2D eigenvalue weighted by Gasteiger charge is -2.19. The van der Waals surface area contributed by atoms with E-state index in [-0.39, 0.29) is 53.9 Å². The number of aromatic nitrogens is 3. The maximum Gasteiger partial charge on any atom is 0.249 e. The number of likely N-dealkylation sites (tertiary alicyclic amines) is 1. The number of anilines is 1. The number of benzene rings is 1. The van der Waals surface area contributed by atoms with Gasteiger partial charge in [-0.25, -0.2) is 0 Å². The Morgan fingerprint density at radius 2 is 1.71 bits per heavy atom. The molecule has 8 heteroatoms. The second kappa shape index (κ2) is 8.24. The first kappa shape index (κ1) is 21.2. The number of carbonyl (C=O) groups is 3. The third kappa shape index (κ3) is 4.38. The predicted molar refractivity (Wildman–Crippen MR) is 116 cm³/mol. The number of imide groups is 1. The maximum atomic E-state index is 12.5. The highest BCUT2D eigenvalue weighted by Crippen LogP contribution is 2.38. The van der Waals surface area contributed by atoms with Crippen molar-refractivity contribution in [2.45, 2.75) is 58.3 Å². The van der Waals surface area contributed by atoms with E-state index >= 15 is 0 Å². The van der Waals surface area contributed by atoms with Crippen LogP contribution in [-0.2, 0) is 19.8 Å². The summed E-state index contributed by atoms with van der Waals surface area (Å²) in [6.07, 6.45) is 3.55. The third-order valence-corrected chi connectivity index (χ3v) is 6.26. The largest absolute Gasteiger partial charge is 0.293 e. The molecule has 0 unspecified atom stereocenters. The van der Waals surface area contributed by atoms with Gasteiger partial charge in [0.2, 0.25) is 23.7 Å². The monoisotopic (exact) mass is 423 g/mol. The predicted octanol–water partition coefficient (Wildman–Crippen LogP) is 3.27. The molecule has 1 saturated heterocycles. The van der Waals surface area contributed by atoms with Gasteiger partial charge in [0.05, 0.1) is 11.8 Å². The standard InChI is InChI=1S/C23H29N5O3/c1-23(2,3)15-10-8-14(9-11-15)19-25-22(27-26-19)24-18(29)12-13-28-20(30)16-6-4-5-7-17(16)21(28)31/h8-11,16-17H,4-7,12-13H2,1-3H3,(H2,24,25,26,27,29)/t16-,17+. The van der Waals surface area contributed by atoms with Crippen molar-refractivity contribution >= 4 is 23.7 Å². The van der Waals surface area contributed by atoms with Gasteiger partial charge in [0.25, 0.3) is 0 Å². The fraction of sp³-hybridized carbons (Fsp3) is 0.522. The molecule has 2 atom stereocenters. The summed E-state index contributed by atoms with van der Waals surface area (Å²) in [5.41, 5.74) is 2.15. The number of hydrogen-bond donors (Lipinski definition) is 2. The van der Waals surface area contributed by atoms with Gasteiger partial charge in [-0.2, -0.15) is 4.98 Å². The molecule has 4 rings (SSSR count). The average Bonchev–Trinajstić information content (AvgIpc) is 3.30. The molecule has 2 N–H and O–H groups in total. The molecule has 1 aliphatic carbocycles. The quantitative estimate of drug-likeness (QED) is 0.718. The molecule has 164 valence electrons. The molecule has 2 fully saturated rings. The fourth-order valence-electron chi connectivity index (χ4n) is 4.43. The molecule has 0 bridgehead atoms. The van der Waals surface area contributed by atoms with E-state index in [0.717, 1.165) is 31.2 Å². The van der Waals surface area contributed by atoms with Gasteiger partial charge in [-0.3, -0.25) is 29.7 Å². The second-order valence-corrected chi connectivity index (χ2v) is 9.46. The Labute approximate surface area is 181 Å². The first-order chi connectivity index (χ1) is 14.7. The van der Waals surface area contributed by atoms with E-state index in [2.05, 4.69) is 53.4 Å². The topological polar surface area (TPSA) is 108 Å². The lowest BCUT2D eigenvalue weighted by molar-refractivity contribution is -0.140. The Kier molecular flexibility index (Phi) is 5.64. The lowest BCUT2D eigenvalue weighted by Crippen LogP contribution is -2.34. The van der Waals surface area contributed by atoms with Crippen LogP contribution >= 0.6 is 0 Å². The summed E-state index contributed by atoms with van der Waals surface area (Å²) in [7, 11) is 0. The van der Waals surface area contributed by atoms with Gasteiger partial charge < -0.3 is 0 Å². The average molecular weight is 424 g/mol.